The van der Waals surface area contributed by atoms with E-state index in [0.717, 1.165) is 6.42 Å². The van der Waals surface area contributed by atoms with E-state index < -0.39 is 0 Å². The summed E-state index contributed by atoms with van der Waals surface area (Å²) < 4.78 is 0. The lowest BCUT2D eigenvalue weighted by Crippen LogP contribution is -1.81. The van der Waals surface area contributed by atoms with Crippen LogP contribution in [0.3, 0.4) is 0 Å². The molecule has 586 valence electrons. The molecule has 0 nitrogen and oxygen atoms in total. The largest absolute Gasteiger partial charge is 0.0683 e. The van der Waals surface area contributed by atoms with Gasteiger partial charge in [-0.1, -0.05) is 582 Å². The third-order valence-corrected chi connectivity index (χ3v) is 13.6. The second-order valence-corrected chi connectivity index (χ2v) is 19.0. The Hall–Kier alpha value is -10.4. The van der Waals surface area contributed by atoms with Gasteiger partial charge in [0.25, 0.3) is 0 Å². The Kier molecular flexibility index (Phi) is 86.9. The maximum atomic E-state index is 2.22. The minimum Gasteiger partial charge on any atom is -0.0683 e. The van der Waals surface area contributed by atoms with Gasteiger partial charge in [0.1, 0.15) is 0 Å². The highest BCUT2D eigenvalue weighted by atomic mass is 14.2. The van der Waals surface area contributed by atoms with Crippen LogP contribution in [0.5, 0.6) is 0 Å². The van der Waals surface area contributed by atoms with Gasteiger partial charge in [0.2, 0.25) is 0 Å². The van der Waals surface area contributed by atoms with Gasteiger partial charge in [-0.25, -0.2) is 0 Å². The van der Waals surface area contributed by atoms with Crippen LogP contribution in [0, 0.1) is 0 Å². The van der Waals surface area contributed by atoms with Crippen molar-refractivity contribution in [2.24, 2.45) is 0 Å². The van der Waals surface area contributed by atoms with Crippen molar-refractivity contribution in [1.82, 2.24) is 0 Å². The maximum absolute atomic E-state index is 2.22. The second-order valence-electron chi connectivity index (χ2n) is 19.0. The van der Waals surface area contributed by atoms with Crippen LogP contribution >= 0.6 is 0 Å². The molecule has 15 aromatic carbocycles. The highest BCUT2D eigenvalue weighted by Gasteiger charge is 2.16. The average Bonchev–Trinajstić information content (AvgIpc) is 1.66. The van der Waals surface area contributed by atoms with Gasteiger partial charge in [0.15, 0.2) is 0 Å². The van der Waals surface area contributed by atoms with Gasteiger partial charge in [-0.3, -0.25) is 0 Å². The highest BCUT2D eigenvalue weighted by molar-refractivity contribution is 6.25. The summed E-state index contributed by atoms with van der Waals surface area (Å²) in [7, 11) is 0. The molecule has 0 atom stereocenters. The predicted molar refractivity (Wildman–Crippen MR) is 512 cm³/mol. The van der Waals surface area contributed by atoms with Crippen LogP contribution in [-0.4, -0.2) is 0 Å². The fraction of sp³-hybridized carbons (Fsp3) is 0.266. The summed E-state index contributed by atoms with van der Waals surface area (Å²) in [6.45, 7) is 56.0. The molecule has 0 N–H and O–H groups in total. The Balaban J connectivity index is -0.000000271. The van der Waals surface area contributed by atoms with Crippen molar-refractivity contribution in [1.29, 1.82) is 0 Å². The zero-order valence-electron chi connectivity index (χ0n) is 73.7. The minimum atomic E-state index is 1.10. The molecular formula is C109H150. The first-order chi connectivity index (χ1) is 54.3. The molecular weight excluding hydrogens is 1310 g/mol. The first-order valence-corrected chi connectivity index (χ1v) is 41.7. The molecule has 0 bridgehead atoms. The summed E-state index contributed by atoms with van der Waals surface area (Å²) in [5.74, 6) is 0. The van der Waals surface area contributed by atoms with Crippen LogP contribution in [0.25, 0.3) is 76.1 Å². The third kappa shape index (κ3) is 45.8. The van der Waals surface area contributed by atoms with E-state index >= 15 is 0 Å². The van der Waals surface area contributed by atoms with Gasteiger partial charge >= 0.3 is 0 Å². The summed E-state index contributed by atoms with van der Waals surface area (Å²) in [5.41, 5.74) is 8.31. The molecule has 0 saturated heterocycles. The number of hydrogen-bond acceptors (Lipinski definition) is 0. The first-order valence-electron chi connectivity index (χ1n) is 41.7. The summed E-state index contributed by atoms with van der Waals surface area (Å²) in [5, 5.41) is 13.3. The Morgan fingerprint density at radius 3 is 0.450 bits per heavy atom. The molecule has 0 aromatic heterocycles. The monoisotopic (exact) mass is 1460 g/mol. The summed E-state index contributed by atoms with van der Waals surface area (Å²) in [4.78, 5) is 0. The SMILES string of the molecule is CC.CC.CC.CC.CC.CC.CC.CC.CC.CC.CC.CC.CC.CC.c1ccc(-c2ccccc2)cc1.c1ccc2c(c1)Cc1ccccc1-2.c1ccc2c(c1)c1ccccc1c1ccccc21.c1ccc2c(c1)ccc1ccccc12.c1ccccc1.c1ccccc1.c1ccccc1.c1ccccc1. The van der Waals surface area contributed by atoms with E-state index in [1.54, 1.807) is 0 Å². The average molecular weight is 1460 g/mol. The molecule has 0 spiro atoms. The molecule has 109 heavy (non-hydrogen) atoms. The van der Waals surface area contributed by atoms with Crippen molar-refractivity contribution in [3.05, 3.63) is 399 Å². The van der Waals surface area contributed by atoms with Crippen molar-refractivity contribution in [2.75, 3.05) is 0 Å². The molecule has 0 heterocycles. The zero-order chi connectivity index (χ0) is 83.2. The Morgan fingerprint density at radius 1 is 0.119 bits per heavy atom. The predicted octanol–water partition coefficient (Wildman–Crippen LogP) is 36.9. The molecule has 1 aliphatic carbocycles. The number of fused-ring (bicyclic) bond motifs is 12. The van der Waals surface area contributed by atoms with E-state index in [2.05, 4.69) is 231 Å². The van der Waals surface area contributed by atoms with Crippen molar-refractivity contribution in [3.63, 3.8) is 0 Å². The fourth-order valence-corrected chi connectivity index (χ4v) is 9.69. The number of rotatable bonds is 1. The molecule has 0 radical (unpaired) electrons. The van der Waals surface area contributed by atoms with Gasteiger partial charge in [-0.2, -0.15) is 0 Å². The summed E-state index contributed by atoms with van der Waals surface area (Å²) >= 11 is 0. The molecule has 0 heteroatoms. The van der Waals surface area contributed by atoms with Crippen LogP contribution in [0.1, 0.15) is 205 Å². The van der Waals surface area contributed by atoms with Crippen LogP contribution in [0.4, 0.5) is 0 Å². The molecule has 0 saturated carbocycles. The number of hydrogen-bond donors (Lipinski definition) is 0. The van der Waals surface area contributed by atoms with Crippen molar-refractivity contribution in [2.45, 2.75) is 200 Å². The van der Waals surface area contributed by atoms with Gasteiger partial charge in [0.05, 0.1) is 0 Å². The molecule has 0 unspecified atom stereocenters. The standard InChI is InChI=1S/C18H12.C14H10.C13H10.C12H10.4C6H6.14C2H6/c1-2-8-14-13(7-1)15-9-3-4-11-17(15)18-12-6-5-10-16(14)18;1-3-7-13-11(5-1)9-10-12-6-2-4-8-14(12)13;1-3-7-12-10(5-1)9-11-6-2-4-8-13(11)12;1-3-7-11(8-4-1)12-9-5-2-6-10-12;4*1-2-4-6-5-3-1;14*1-2/h1-12H;1-10H;1-8H,9H2;1-10H;4*1-6H;14*1-2H3. The normalized spacial score (nSPS) is 8.33. The van der Waals surface area contributed by atoms with E-state index in [-0.39, 0.29) is 0 Å². The fourth-order valence-electron chi connectivity index (χ4n) is 9.69. The smallest absolute Gasteiger partial charge is 0.00135 e. The van der Waals surface area contributed by atoms with E-state index in [1.807, 2.05) is 352 Å². The van der Waals surface area contributed by atoms with Crippen LogP contribution < -0.4 is 0 Å². The topological polar surface area (TPSA) is 0 Å². The number of benzene rings is 15. The lowest BCUT2D eigenvalue weighted by atomic mass is 9.95. The van der Waals surface area contributed by atoms with E-state index in [4.69, 9.17) is 0 Å². The minimum absolute atomic E-state index is 1.10. The quantitative estimate of drug-likeness (QED) is 0.144. The van der Waals surface area contributed by atoms with Crippen LogP contribution in [0.15, 0.2) is 388 Å². The third-order valence-electron chi connectivity index (χ3n) is 13.6. The van der Waals surface area contributed by atoms with Gasteiger partial charge in [-0.05, 0) is 93.7 Å². The van der Waals surface area contributed by atoms with Gasteiger partial charge in [-0.15, -0.1) is 0 Å². The molecule has 16 rings (SSSR count). The van der Waals surface area contributed by atoms with E-state index in [9.17, 15) is 0 Å². The Morgan fingerprint density at radius 2 is 0.257 bits per heavy atom. The molecule has 0 fully saturated rings. The summed E-state index contributed by atoms with van der Waals surface area (Å²) in [6, 6.07) is 133. The van der Waals surface area contributed by atoms with E-state index in [1.165, 1.54) is 87.2 Å². The zero-order valence-corrected chi connectivity index (χ0v) is 73.7. The van der Waals surface area contributed by atoms with Crippen molar-refractivity contribution in [3.8, 4) is 22.3 Å². The maximum Gasteiger partial charge on any atom is -0.00135 e. The van der Waals surface area contributed by atoms with Gasteiger partial charge < -0.3 is 0 Å². The highest BCUT2D eigenvalue weighted by Crippen LogP contribution is 2.36. The summed E-state index contributed by atoms with van der Waals surface area (Å²) in [6.07, 6.45) is 1.10. The lowest BCUT2D eigenvalue weighted by Gasteiger charge is -2.09. The van der Waals surface area contributed by atoms with Gasteiger partial charge in [0, 0.05) is 0 Å². The lowest BCUT2D eigenvalue weighted by molar-refractivity contribution is 1.26. The van der Waals surface area contributed by atoms with Crippen molar-refractivity contribution >= 4 is 53.9 Å². The van der Waals surface area contributed by atoms with Crippen molar-refractivity contribution < 1.29 is 0 Å². The molecule has 0 aliphatic heterocycles. The Labute approximate surface area is 671 Å². The first kappa shape index (κ1) is 110. The van der Waals surface area contributed by atoms with Crippen LogP contribution in [0.2, 0.25) is 0 Å². The molecule has 1 aliphatic rings. The van der Waals surface area contributed by atoms with Crippen LogP contribution in [-0.2, 0) is 6.42 Å². The molecule has 15 aromatic rings. The van der Waals surface area contributed by atoms with E-state index in [0.29, 0.717) is 0 Å². The Bertz CT molecular complexity index is 3570. The molecule has 0 amide bonds. The second kappa shape index (κ2) is 86.5.